The zero-order valence-electron chi connectivity index (χ0n) is 22.3. The number of hydrogen-bond acceptors (Lipinski definition) is 8. The van der Waals surface area contributed by atoms with Gasteiger partial charge in [-0.05, 0) is 75.8 Å². The topological polar surface area (TPSA) is 92.3 Å². The Bertz CT molecular complexity index is 1650. The van der Waals surface area contributed by atoms with Crippen LogP contribution in [0.25, 0.3) is 27.9 Å². The molecule has 9 nitrogen and oxygen atoms in total. The Morgan fingerprint density at radius 3 is 2.51 bits per heavy atom. The van der Waals surface area contributed by atoms with Gasteiger partial charge in [0.05, 0.1) is 22.8 Å². The van der Waals surface area contributed by atoms with Crippen LogP contribution < -0.4 is 15.8 Å². The molecule has 0 amide bonds. The monoisotopic (exact) mass is 521 g/mol. The standard InChI is InChI=1S/C30H31N7O2/c1-20-18-37(26-7-5-4-6-24(26)27-17-31-19-39-27)29(38)25-16-32-30(34-28(20)25)33-21-8-10-23(11-9-21)36-14-12-22(13-15-36)35(2)3/h4-11,16-19,22H,12-15H2,1-3H3,(H,32,33,34). The number of hydrogen-bond donors (Lipinski definition) is 1. The second-order valence-electron chi connectivity index (χ2n) is 10.2. The third kappa shape index (κ3) is 4.88. The van der Waals surface area contributed by atoms with E-state index in [-0.39, 0.29) is 5.56 Å². The summed E-state index contributed by atoms with van der Waals surface area (Å²) in [5.74, 6) is 1.04. The number of rotatable bonds is 6. The third-order valence-electron chi connectivity index (χ3n) is 7.48. The number of piperidine rings is 1. The van der Waals surface area contributed by atoms with Crippen LogP contribution in [0.4, 0.5) is 17.3 Å². The summed E-state index contributed by atoms with van der Waals surface area (Å²) < 4.78 is 7.12. The number of aryl methyl sites for hydroxylation is 1. The minimum Gasteiger partial charge on any atom is -0.443 e. The van der Waals surface area contributed by atoms with Crippen molar-refractivity contribution in [3.05, 3.63) is 89.4 Å². The van der Waals surface area contributed by atoms with E-state index >= 15 is 0 Å². The summed E-state index contributed by atoms with van der Waals surface area (Å²) in [6, 6.07) is 16.6. The third-order valence-corrected chi connectivity index (χ3v) is 7.48. The Morgan fingerprint density at radius 1 is 1.03 bits per heavy atom. The zero-order chi connectivity index (χ0) is 26.9. The summed E-state index contributed by atoms with van der Waals surface area (Å²) in [4.78, 5) is 31.5. The molecule has 198 valence electrons. The second-order valence-corrected chi connectivity index (χ2v) is 10.2. The molecule has 5 aromatic rings. The lowest BCUT2D eigenvalue weighted by molar-refractivity contribution is 0.249. The van der Waals surface area contributed by atoms with Gasteiger partial charge in [0.25, 0.3) is 5.56 Å². The van der Waals surface area contributed by atoms with E-state index in [1.54, 1.807) is 17.0 Å². The number of fused-ring (bicyclic) bond motifs is 1. The summed E-state index contributed by atoms with van der Waals surface area (Å²) in [6.07, 6.45) is 8.76. The van der Waals surface area contributed by atoms with Crippen molar-refractivity contribution in [2.45, 2.75) is 25.8 Å². The van der Waals surface area contributed by atoms with Crippen molar-refractivity contribution < 1.29 is 4.42 Å². The molecule has 1 aliphatic rings. The molecule has 0 aliphatic carbocycles. The van der Waals surface area contributed by atoms with Gasteiger partial charge in [-0.2, -0.15) is 0 Å². The summed E-state index contributed by atoms with van der Waals surface area (Å²) >= 11 is 0. The van der Waals surface area contributed by atoms with Crippen LogP contribution in [0.5, 0.6) is 0 Å². The number of oxazole rings is 1. The maximum Gasteiger partial charge on any atom is 0.266 e. The van der Waals surface area contributed by atoms with E-state index in [4.69, 9.17) is 9.40 Å². The molecule has 9 heteroatoms. The number of nitrogens with one attached hydrogen (secondary N) is 1. The van der Waals surface area contributed by atoms with Crippen molar-refractivity contribution in [3.8, 4) is 17.0 Å². The van der Waals surface area contributed by atoms with E-state index < -0.39 is 0 Å². The molecule has 0 bridgehead atoms. The molecule has 1 aliphatic heterocycles. The van der Waals surface area contributed by atoms with Crippen LogP contribution in [-0.2, 0) is 0 Å². The minimum atomic E-state index is -0.198. The Hall–Kier alpha value is -4.50. The molecule has 0 unspecified atom stereocenters. The van der Waals surface area contributed by atoms with Crippen LogP contribution in [0.3, 0.4) is 0 Å². The lowest BCUT2D eigenvalue weighted by Gasteiger charge is -2.36. The highest BCUT2D eigenvalue weighted by molar-refractivity contribution is 5.82. The van der Waals surface area contributed by atoms with Crippen LogP contribution in [-0.4, -0.2) is 57.6 Å². The summed E-state index contributed by atoms with van der Waals surface area (Å²) in [5.41, 5.74) is 4.88. The Kier molecular flexibility index (Phi) is 6.58. The first-order valence-electron chi connectivity index (χ1n) is 13.1. The summed E-state index contributed by atoms with van der Waals surface area (Å²) in [6.45, 7) is 4.06. The van der Waals surface area contributed by atoms with E-state index in [0.29, 0.717) is 34.3 Å². The second kappa shape index (κ2) is 10.3. The molecule has 0 saturated carbocycles. The molecule has 4 heterocycles. The van der Waals surface area contributed by atoms with Crippen LogP contribution >= 0.6 is 0 Å². The van der Waals surface area contributed by atoms with Gasteiger partial charge in [0, 0.05) is 48.5 Å². The van der Waals surface area contributed by atoms with E-state index in [2.05, 4.69) is 51.3 Å². The first-order valence-corrected chi connectivity index (χ1v) is 13.1. The van der Waals surface area contributed by atoms with E-state index in [0.717, 1.165) is 29.9 Å². The van der Waals surface area contributed by atoms with Gasteiger partial charge in [-0.3, -0.25) is 9.36 Å². The predicted molar refractivity (Wildman–Crippen MR) is 154 cm³/mol. The Balaban J connectivity index is 1.25. The molecular formula is C30H31N7O2. The van der Waals surface area contributed by atoms with Gasteiger partial charge in [-0.15, -0.1) is 0 Å². The molecule has 0 atom stereocenters. The molecule has 39 heavy (non-hydrogen) atoms. The summed E-state index contributed by atoms with van der Waals surface area (Å²) in [5, 5.41) is 3.74. The number of pyridine rings is 1. The molecule has 6 rings (SSSR count). The van der Waals surface area contributed by atoms with E-state index in [1.807, 2.05) is 49.5 Å². The molecule has 1 N–H and O–H groups in total. The van der Waals surface area contributed by atoms with E-state index in [9.17, 15) is 4.79 Å². The van der Waals surface area contributed by atoms with Gasteiger partial charge in [0.15, 0.2) is 12.2 Å². The molecule has 0 spiro atoms. The quantitative estimate of drug-likeness (QED) is 0.333. The Morgan fingerprint density at radius 2 is 1.79 bits per heavy atom. The molecular weight excluding hydrogens is 490 g/mol. The van der Waals surface area contributed by atoms with E-state index in [1.165, 1.54) is 24.9 Å². The molecule has 1 fully saturated rings. The lowest BCUT2D eigenvalue weighted by Crippen LogP contribution is -2.41. The van der Waals surface area contributed by atoms with Crippen molar-refractivity contribution in [3.63, 3.8) is 0 Å². The molecule has 1 saturated heterocycles. The highest BCUT2D eigenvalue weighted by Gasteiger charge is 2.21. The van der Waals surface area contributed by atoms with Crippen LogP contribution in [0.15, 0.2) is 82.7 Å². The smallest absolute Gasteiger partial charge is 0.266 e. The van der Waals surface area contributed by atoms with Crippen LogP contribution in [0.2, 0.25) is 0 Å². The van der Waals surface area contributed by atoms with Gasteiger partial charge in [-0.25, -0.2) is 15.0 Å². The van der Waals surface area contributed by atoms with Crippen molar-refractivity contribution in [2.75, 3.05) is 37.4 Å². The molecule has 3 aromatic heterocycles. The minimum absolute atomic E-state index is 0.198. The van der Waals surface area contributed by atoms with Crippen molar-refractivity contribution >= 4 is 28.2 Å². The predicted octanol–water partition coefficient (Wildman–Crippen LogP) is 5.02. The van der Waals surface area contributed by atoms with Crippen molar-refractivity contribution in [2.24, 2.45) is 0 Å². The highest BCUT2D eigenvalue weighted by atomic mass is 16.3. The largest absolute Gasteiger partial charge is 0.443 e. The van der Waals surface area contributed by atoms with Crippen LogP contribution in [0.1, 0.15) is 18.4 Å². The zero-order valence-corrected chi connectivity index (χ0v) is 22.3. The van der Waals surface area contributed by atoms with Gasteiger partial charge in [0.2, 0.25) is 5.95 Å². The maximum atomic E-state index is 13.5. The highest BCUT2D eigenvalue weighted by Crippen LogP contribution is 2.28. The van der Waals surface area contributed by atoms with Crippen LogP contribution in [0, 0.1) is 6.92 Å². The number of para-hydroxylation sites is 1. The maximum absolute atomic E-state index is 13.5. The van der Waals surface area contributed by atoms with Gasteiger partial charge < -0.3 is 19.5 Å². The van der Waals surface area contributed by atoms with Crippen molar-refractivity contribution in [1.82, 2.24) is 24.4 Å². The van der Waals surface area contributed by atoms with Gasteiger partial charge >= 0.3 is 0 Å². The SMILES string of the molecule is Cc1cn(-c2ccccc2-c2cnco2)c(=O)c2cnc(Nc3ccc(N4CCC(N(C)C)CC4)cc3)nc12. The average molecular weight is 522 g/mol. The average Bonchev–Trinajstić information content (AvgIpc) is 3.51. The fourth-order valence-electron chi connectivity index (χ4n) is 5.29. The fraction of sp³-hybridized carbons (Fsp3) is 0.267. The van der Waals surface area contributed by atoms with Crippen molar-refractivity contribution in [1.29, 1.82) is 0 Å². The lowest BCUT2D eigenvalue weighted by atomic mass is 10.0. The summed E-state index contributed by atoms with van der Waals surface area (Å²) in [7, 11) is 4.32. The normalized spacial score (nSPS) is 14.3. The number of nitrogens with zero attached hydrogens (tertiary/aromatic N) is 6. The first-order chi connectivity index (χ1) is 19.0. The number of aromatic nitrogens is 4. The fourth-order valence-corrected chi connectivity index (χ4v) is 5.29. The molecule has 0 radical (unpaired) electrons. The first kappa shape index (κ1) is 24.8. The Labute approximate surface area is 226 Å². The number of benzene rings is 2. The van der Waals surface area contributed by atoms with Gasteiger partial charge in [-0.1, -0.05) is 12.1 Å². The van der Waals surface area contributed by atoms with Gasteiger partial charge in [0.1, 0.15) is 0 Å². The molecule has 2 aromatic carbocycles. The number of anilines is 3.